The Labute approximate surface area is 132 Å². The standard InChI is InChI=1S/C18H25NO3/c1-13-6-5-7-14(9-8-13)12-19-15-10-16(20-2)18(22-4)17(11-15)21-3/h8-11,19H,5-7,12H2,1-4H3. The van der Waals surface area contributed by atoms with Crippen molar-refractivity contribution < 1.29 is 14.2 Å². The van der Waals surface area contributed by atoms with E-state index in [1.54, 1.807) is 21.3 Å². The van der Waals surface area contributed by atoms with Gasteiger partial charge in [-0.25, -0.2) is 0 Å². The number of ether oxygens (including phenoxy) is 3. The lowest BCUT2D eigenvalue weighted by atomic mass is 10.1. The number of rotatable bonds is 6. The molecule has 22 heavy (non-hydrogen) atoms. The van der Waals surface area contributed by atoms with Gasteiger partial charge < -0.3 is 19.5 Å². The quantitative estimate of drug-likeness (QED) is 0.855. The fraction of sp³-hybridized carbons (Fsp3) is 0.444. The number of methoxy groups -OCH3 is 3. The Balaban J connectivity index is 2.13. The summed E-state index contributed by atoms with van der Waals surface area (Å²) in [5, 5.41) is 3.44. The van der Waals surface area contributed by atoms with Crippen LogP contribution in [0.5, 0.6) is 17.2 Å². The molecule has 0 atom stereocenters. The predicted molar refractivity (Wildman–Crippen MR) is 90.3 cm³/mol. The summed E-state index contributed by atoms with van der Waals surface area (Å²) in [5.74, 6) is 1.94. The number of allylic oxidation sites excluding steroid dienone is 3. The van der Waals surface area contributed by atoms with Crippen molar-refractivity contribution in [1.29, 1.82) is 0 Å². The van der Waals surface area contributed by atoms with Crippen LogP contribution in [0.25, 0.3) is 0 Å². The topological polar surface area (TPSA) is 39.7 Å². The zero-order valence-corrected chi connectivity index (χ0v) is 13.9. The first-order valence-electron chi connectivity index (χ1n) is 7.57. The average molecular weight is 303 g/mol. The van der Waals surface area contributed by atoms with Crippen LogP contribution in [0.2, 0.25) is 0 Å². The Morgan fingerprint density at radius 3 is 2.23 bits per heavy atom. The van der Waals surface area contributed by atoms with E-state index < -0.39 is 0 Å². The minimum Gasteiger partial charge on any atom is -0.493 e. The summed E-state index contributed by atoms with van der Waals surface area (Å²) in [4.78, 5) is 0. The van der Waals surface area contributed by atoms with Gasteiger partial charge in [0.1, 0.15) is 0 Å². The molecule has 0 fully saturated rings. The maximum absolute atomic E-state index is 5.38. The second-order valence-electron chi connectivity index (χ2n) is 5.46. The number of hydrogen-bond acceptors (Lipinski definition) is 4. The fourth-order valence-electron chi connectivity index (χ4n) is 2.57. The smallest absolute Gasteiger partial charge is 0.203 e. The lowest BCUT2D eigenvalue weighted by molar-refractivity contribution is 0.324. The van der Waals surface area contributed by atoms with E-state index in [-0.39, 0.29) is 0 Å². The molecule has 0 bridgehead atoms. The predicted octanol–water partition coefficient (Wildman–Crippen LogP) is 4.18. The highest BCUT2D eigenvalue weighted by Crippen LogP contribution is 2.40. The molecule has 1 aliphatic carbocycles. The first-order valence-corrected chi connectivity index (χ1v) is 7.57. The van der Waals surface area contributed by atoms with E-state index in [0.717, 1.165) is 18.7 Å². The van der Waals surface area contributed by atoms with E-state index in [2.05, 4.69) is 24.4 Å². The van der Waals surface area contributed by atoms with Crippen molar-refractivity contribution in [2.75, 3.05) is 33.2 Å². The Morgan fingerprint density at radius 2 is 1.64 bits per heavy atom. The summed E-state index contributed by atoms with van der Waals surface area (Å²) in [5.41, 5.74) is 3.81. The lowest BCUT2D eigenvalue weighted by Gasteiger charge is -2.15. The molecule has 0 amide bonds. The first-order chi connectivity index (χ1) is 10.7. The molecule has 0 spiro atoms. The maximum Gasteiger partial charge on any atom is 0.203 e. The van der Waals surface area contributed by atoms with E-state index in [1.807, 2.05) is 12.1 Å². The van der Waals surface area contributed by atoms with Crippen molar-refractivity contribution in [3.05, 3.63) is 35.4 Å². The second-order valence-corrected chi connectivity index (χ2v) is 5.46. The molecule has 4 nitrogen and oxygen atoms in total. The number of anilines is 1. The molecule has 0 radical (unpaired) electrons. The van der Waals surface area contributed by atoms with Crippen LogP contribution in [0.4, 0.5) is 5.69 Å². The van der Waals surface area contributed by atoms with Crippen LogP contribution >= 0.6 is 0 Å². The van der Waals surface area contributed by atoms with Crippen molar-refractivity contribution in [2.24, 2.45) is 0 Å². The van der Waals surface area contributed by atoms with Crippen molar-refractivity contribution in [1.82, 2.24) is 0 Å². The van der Waals surface area contributed by atoms with Gasteiger partial charge in [0.25, 0.3) is 0 Å². The molecule has 1 aliphatic rings. The lowest BCUT2D eigenvalue weighted by Crippen LogP contribution is -2.06. The van der Waals surface area contributed by atoms with Crippen molar-refractivity contribution >= 4 is 5.69 Å². The van der Waals surface area contributed by atoms with Crippen LogP contribution in [0.3, 0.4) is 0 Å². The molecule has 120 valence electrons. The largest absolute Gasteiger partial charge is 0.493 e. The third-order valence-corrected chi connectivity index (χ3v) is 3.86. The number of hydrogen-bond donors (Lipinski definition) is 1. The summed E-state index contributed by atoms with van der Waals surface area (Å²) in [6.07, 6.45) is 7.98. The Hall–Kier alpha value is -2.10. The van der Waals surface area contributed by atoms with Gasteiger partial charge in [-0.05, 0) is 26.2 Å². The summed E-state index contributed by atoms with van der Waals surface area (Å²) in [7, 11) is 4.86. The van der Waals surface area contributed by atoms with Crippen LogP contribution < -0.4 is 19.5 Å². The third kappa shape index (κ3) is 3.97. The van der Waals surface area contributed by atoms with Crippen LogP contribution in [-0.2, 0) is 0 Å². The van der Waals surface area contributed by atoms with Crippen molar-refractivity contribution in [3.8, 4) is 17.2 Å². The zero-order chi connectivity index (χ0) is 15.9. The van der Waals surface area contributed by atoms with Crippen LogP contribution in [0.1, 0.15) is 26.2 Å². The SMILES string of the molecule is COc1cc(NCC2=CC=C(C)CCC2)cc(OC)c1OC. The van der Waals surface area contributed by atoms with Gasteiger partial charge in [0.05, 0.1) is 21.3 Å². The molecule has 0 heterocycles. The van der Waals surface area contributed by atoms with Gasteiger partial charge >= 0.3 is 0 Å². The molecule has 1 aromatic carbocycles. The van der Waals surface area contributed by atoms with Gasteiger partial charge in [-0.3, -0.25) is 0 Å². The Kier molecular flexibility index (Phi) is 5.75. The minimum absolute atomic E-state index is 0.614. The third-order valence-electron chi connectivity index (χ3n) is 3.86. The summed E-state index contributed by atoms with van der Waals surface area (Å²) in [6, 6.07) is 3.86. The molecule has 0 aliphatic heterocycles. The Bertz CT molecular complexity index is 551. The normalized spacial score (nSPS) is 14.5. The molecular formula is C18H25NO3. The molecule has 0 aromatic heterocycles. The average Bonchev–Trinajstić information content (AvgIpc) is 2.76. The maximum atomic E-state index is 5.38. The summed E-state index contributed by atoms with van der Waals surface area (Å²) < 4.78 is 16.1. The van der Waals surface area contributed by atoms with Crippen molar-refractivity contribution in [3.63, 3.8) is 0 Å². The van der Waals surface area contributed by atoms with Crippen molar-refractivity contribution in [2.45, 2.75) is 26.2 Å². The molecule has 0 saturated heterocycles. The van der Waals surface area contributed by atoms with Gasteiger partial charge in [-0.1, -0.05) is 23.3 Å². The van der Waals surface area contributed by atoms with E-state index in [1.165, 1.54) is 24.0 Å². The summed E-state index contributed by atoms with van der Waals surface area (Å²) in [6.45, 7) is 3.01. The van der Waals surface area contributed by atoms with Gasteiger partial charge in [0.2, 0.25) is 5.75 Å². The van der Waals surface area contributed by atoms with Crippen LogP contribution in [0, 0.1) is 0 Å². The van der Waals surface area contributed by atoms with Gasteiger partial charge in [-0.2, -0.15) is 0 Å². The van der Waals surface area contributed by atoms with E-state index >= 15 is 0 Å². The number of benzene rings is 1. The Morgan fingerprint density at radius 1 is 0.955 bits per heavy atom. The molecule has 2 rings (SSSR count). The highest BCUT2D eigenvalue weighted by molar-refractivity contribution is 5.62. The minimum atomic E-state index is 0.614. The molecule has 1 N–H and O–H groups in total. The van der Waals surface area contributed by atoms with Crippen LogP contribution in [0.15, 0.2) is 35.4 Å². The molecule has 0 saturated carbocycles. The molecule has 0 unspecified atom stereocenters. The highest BCUT2D eigenvalue weighted by atomic mass is 16.5. The zero-order valence-electron chi connectivity index (χ0n) is 13.9. The first kappa shape index (κ1) is 16.3. The fourth-order valence-corrected chi connectivity index (χ4v) is 2.57. The molecular weight excluding hydrogens is 278 g/mol. The molecule has 1 aromatic rings. The van der Waals surface area contributed by atoms with Gasteiger partial charge in [-0.15, -0.1) is 0 Å². The second kappa shape index (κ2) is 7.78. The van der Waals surface area contributed by atoms with E-state index in [9.17, 15) is 0 Å². The van der Waals surface area contributed by atoms with Gasteiger partial charge in [0, 0.05) is 24.4 Å². The monoisotopic (exact) mass is 303 g/mol. The van der Waals surface area contributed by atoms with Crippen LogP contribution in [-0.4, -0.2) is 27.9 Å². The van der Waals surface area contributed by atoms with E-state index in [0.29, 0.717) is 17.2 Å². The summed E-state index contributed by atoms with van der Waals surface area (Å²) >= 11 is 0. The molecule has 4 heteroatoms. The highest BCUT2D eigenvalue weighted by Gasteiger charge is 2.13. The van der Waals surface area contributed by atoms with Gasteiger partial charge in [0.15, 0.2) is 11.5 Å². The number of nitrogens with one attached hydrogen (secondary N) is 1. The van der Waals surface area contributed by atoms with E-state index in [4.69, 9.17) is 14.2 Å².